The molecule has 0 aromatic heterocycles. The van der Waals surface area contributed by atoms with Gasteiger partial charge >= 0.3 is 137 Å². The van der Waals surface area contributed by atoms with E-state index >= 15 is 0 Å². The molecule has 1 atom stereocenters. The van der Waals surface area contributed by atoms with Gasteiger partial charge in [0.2, 0.25) is 0 Å². The Kier molecular flexibility index (Phi) is 7.07. The topological polar surface area (TPSA) is 9.23 Å². The quantitative estimate of drug-likeness (QED) is 0.335. The molecule has 0 aliphatic rings. The van der Waals surface area contributed by atoms with Gasteiger partial charge in [0, 0.05) is 0 Å². The Bertz CT molecular complexity index is 413. The Morgan fingerprint density at radius 1 is 1.14 bits per heavy atom. The van der Waals surface area contributed by atoms with Gasteiger partial charge in [-0.15, -0.1) is 0 Å². The zero-order chi connectivity index (χ0) is 17.1. The van der Waals surface area contributed by atoms with E-state index < -0.39 is 21.6 Å². The van der Waals surface area contributed by atoms with E-state index in [9.17, 15) is 0 Å². The molecule has 0 radical (unpaired) electrons. The van der Waals surface area contributed by atoms with Crippen molar-refractivity contribution in [3.63, 3.8) is 0 Å². The van der Waals surface area contributed by atoms with Crippen molar-refractivity contribution in [2.45, 2.75) is 82.5 Å². The second kappa shape index (κ2) is 7.06. The van der Waals surface area contributed by atoms with Crippen molar-refractivity contribution in [2.75, 3.05) is 0 Å². The van der Waals surface area contributed by atoms with Crippen LogP contribution in [-0.4, -0.2) is 27.7 Å². The fourth-order valence-electron chi connectivity index (χ4n) is 1.62. The fourth-order valence-corrected chi connectivity index (χ4v) is 4.12. The van der Waals surface area contributed by atoms with Gasteiger partial charge in [-0.25, -0.2) is 0 Å². The third-order valence-corrected chi connectivity index (χ3v) is 10.5. The summed E-state index contributed by atoms with van der Waals surface area (Å²) in [5, 5.41) is 0.209. The molecule has 3 heteroatoms. The summed E-state index contributed by atoms with van der Waals surface area (Å²) in [7, 11) is -1.82. The second-order valence-electron chi connectivity index (χ2n) is 9.26. The van der Waals surface area contributed by atoms with Gasteiger partial charge < -0.3 is 0 Å². The summed E-state index contributed by atoms with van der Waals surface area (Å²) in [6, 6.07) is 0. The molecule has 0 heterocycles. The van der Waals surface area contributed by atoms with Crippen LogP contribution in [0.2, 0.25) is 35.4 Å². The van der Waals surface area contributed by atoms with E-state index in [0.717, 1.165) is 6.42 Å². The van der Waals surface area contributed by atoms with E-state index in [-0.39, 0.29) is 16.6 Å². The molecule has 1 nitrogen and oxygen atoms in total. The van der Waals surface area contributed by atoms with E-state index in [4.69, 9.17) is 4.43 Å². The van der Waals surface area contributed by atoms with Gasteiger partial charge in [0.1, 0.15) is 0 Å². The molecule has 122 valence electrons. The minimum atomic E-state index is -1.88. The number of hydrogen-bond donors (Lipinski definition) is 0. The molecule has 0 saturated carbocycles. The van der Waals surface area contributed by atoms with E-state index in [0.29, 0.717) is 0 Å². The van der Waals surface area contributed by atoms with Crippen molar-refractivity contribution in [1.29, 1.82) is 0 Å². The zero-order valence-corrected chi connectivity index (χ0v) is 19.1. The molecule has 0 fully saturated rings. The molecule has 0 aromatic rings. The molecule has 0 aliphatic carbocycles. The fraction of sp³-hybridized carbons (Fsp3) is 0.778. The molecular formula is C18H36GeOSi. The van der Waals surface area contributed by atoms with Gasteiger partial charge in [0.25, 0.3) is 0 Å². The van der Waals surface area contributed by atoms with Gasteiger partial charge in [-0.05, 0) is 0 Å². The summed E-state index contributed by atoms with van der Waals surface area (Å²) < 4.78 is 10.2. The molecular weight excluding hydrogens is 333 g/mol. The third kappa shape index (κ3) is 7.21. The summed E-state index contributed by atoms with van der Waals surface area (Å²) >= 11 is -1.88. The summed E-state index contributed by atoms with van der Waals surface area (Å²) in [4.78, 5) is 0. The second-order valence-corrected chi connectivity index (χ2v) is 24.0. The monoisotopic (exact) mass is 370 g/mol. The van der Waals surface area contributed by atoms with E-state index in [1.165, 1.54) is 0 Å². The van der Waals surface area contributed by atoms with Crippen LogP contribution in [0.4, 0.5) is 0 Å². The molecule has 0 bridgehead atoms. The number of allylic oxidation sites excluding steroid dienone is 1. The first-order valence-electron chi connectivity index (χ1n) is 7.94. The molecule has 0 saturated heterocycles. The van der Waals surface area contributed by atoms with Gasteiger partial charge in [-0.3, -0.25) is 0 Å². The van der Waals surface area contributed by atoms with E-state index in [2.05, 4.69) is 82.2 Å². The van der Waals surface area contributed by atoms with E-state index in [1.807, 2.05) is 6.08 Å². The first-order valence-corrected chi connectivity index (χ1v) is 18.2. The Labute approximate surface area is 137 Å². The first-order chi connectivity index (χ1) is 9.12. The first kappa shape index (κ1) is 21.0. The van der Waals surface area contributed by atoms with E-state index in [1.54, 1.807) is 0 Å². The molecule has 0 N–H and O–H groups in total. The van der Waals surface area contributed by atoms with Crippen molar-refractivity contribution in [3.05, 3.63) is 12.7 Å². The summed E-state index contributed by atoms with van der Waals surface area (Å²) in [5.41, 5.74) is 0.0117. The zero-order valence-electron chi connectivity index (χ0n) is 16.0. The molecule has 0 rings (SSSR count). The normalized spacial score (nSPS) is 15.1. The predicted molar refractivity (Wildman–Crippen MR) is 102 cm³/mol. The third-order valence-electron chi connectivity index (χ3n) is 4.18. The number of rotatable bonds is 5. The van der Waals surface area contributed by atoms with Crippen LogP contribution in [0, 0.1) is 16.1 Å². The van der Waals surface area contributed by atoms with Crippen LogP contribution in [0.5, 0.6) is 0 Å². The Hall–Kier alpha value is 0.0197. The van der Waals surface area contributed by atoms with Gasteiger partial charge in [-0.1, -0.05) is 0 Å². The van der Waals surface area contributed by atoms with Crippen molar-refractivity contribution >= 4 is 21.6 Å². The van der Waals surface area contributed by atoms with Crippen LogP contribution in [0.25, 0.3) is 0 Å². The Morgan fingerprint density at radius 3 is 1.95 bits per heavy atom. The van der Waals surface area contributed by atoms with Crippen LogP contribution in [0.15, 0.2) is 12.7 Å². The predicted octanol–water partition coefficient (Wildman–Crippen LogP) is 5.86. The van der Waals surface area contributed by atoms with Crippen molar-refractivity contribution < 1.29 is 4.43 Å². The molecule has 0 spiro atoms. The summed E-state index contributed by atoms with van der Waals surface area (Å²) in [6.45, 7) is 19.9. The maximum atomic E-state index is 6.66. The summed E-state index contributed by atoms with van der Waals surface area (Å²) in [5.74, 6) is 10.5. The standard InChI is InChI=1S/C18H36GeOSi/c1-12-14-18(5,6)16(13-15-19(7,8)9)20-21(10,11)17(2,3)4/h12,16H,1,14H2,2-11H3. The molecule has 1 unspecified atom stereocenters. The average molecular weight is 369 g/mol. The summed E-state index contributed by atoms with van der Waals surface area (Å²) in [6.07, 6.45) is 2.92. The van der Waals surface area contributed by atoms with Crippen molar-refractivity contribution in [3.8, 4) is 10.7 Å². The van der Waals surface area contributed by atoms with Crippen molar-refractivity contribution in [1.82, 2.24) is 0 Å². The minimum absolute atomic E-state index is 0.00115. The Morgan fingerprint density at radius 2 is 1.62 bits per heavy atom. The number of hydrogen-bond acceptors (Lipinski definition) is 1. The van der Waals surface area contributed by atoms with Crippen LogP contribution in [-0.2, 0) is 4.43 Å². The SMILES string of the molecule is C=CCC(C)(C)C(C#[C][Ge]([CH3])([CH3])[CH3])O[Si](C)(C)C(C)(C)C. The van der Waals surface area contributed by atoms with Crippen LogP contribution < -0.4 is 0 Å². The van der Waals surface area contributed by atoms with Crippen LogP contribution >= 0.6 is 0 Å². The van der Waals surface area contributed by atoms with Crippen LogP contribution in [0.3, 0.4) is 0 Å². The van der Waals surface area contributed by atoms with Gasteiger partial charge in [0.15, 0.2) is 0 Å². The average Bonchev–Trinajstić information content (AvgIpc) is 2.20. The van der Waals surface area contributed by atoms with Crippen molar-refractivity contribution in [2.24, 2.45) is 5.41 Å². The van der Waals surface area contributed by atoms with Gasteiger partial charge in [0.05, 0.1) is 0 Å². The molecule has 0 amide bonds. The molecule has 21 heavy (non-hydrogen) atoms. The molecule has 0 aliphatic heterocycles. The maximum absolute atomic E-state index is 6.66. The Balaban J connectivity index is 5.53. The molecule has 0 aromatic carbocycles. The van der Waals surface area contributed by atoms with Crippen LogP contribution in [0.1, 0.15) is 41.0 Å². The van der Waals surface area contributed by atoms with Gasteiger partial charge in [-0.2, -0.15) is 0 Å².